The lowest BCUT2D eigenvalue weighted by atomic mass is 10.0. The quantitative estimate of drug-likeness (QED) is 0.775. The number of fused-ring (bicyclic) bond motifs is 1. The molecule has 124 valence electrons. The van der Waals surface area contributed by atoms with Gasteiger partial charge in [0, 0.05) is 19.8 Å². The Kier molecular flexibility index (Phi) is 4.36. The van der Waals surface area contributed by atoms with E-state index in [4.69, 9.17) is 0 Å². The number of hydrogen-bond donors (Lipinski definition) is 2. The summed E-state index contributed by atoms with van der Waals surface area (Å²) < 4.78 is 0. The fourth-order valence-corrected chi connectivity index (χ4v) is 2.63. The van der Waals surface area contributed by atoms with Crippen molar-refractivity contribution in [2.24, 2.45) is 0 Å². The fourth-order valence-electron chi connectivity index (χ4n) is 2.63. The molecule has 0 bridgehead atoms. The second-order valence-corrected chi connectivity index (χ2v) is 6.13. The van der Waals surface area contributed by atoms with E-state index in [2.05, 4.69) is 44.5 Å². The van der Waals surface area contributed by atoms with Crippen molar-refractivity contribution in [2.75, 3.05) is 26.0 Å². The summed E-state index contributed by atoms with van der Waals surface area (Å²) in [6.45, 7) is 1.97. The minimum atomic E-state index is -0.105. The second-order valence-electron chi connectivity index (χ2n) is 6.13. The summed E-state index contributed by atoms with van der Waals surface area (Å²) in [5.41, 5.74) is 3.91. The minimum absolute atomic E-state index is 0.00914. The molecule has 0 aliphatic rings. The summed E-state index contributed by atoms with van der Waals surface area (Å²) in [5.74, 6) is 0.648. The van der Waals surface area contributed by atoms with Crippen LogP contribution in [0, 0.1) is 0 Å². The molecule has 5 nitrogen and oxygen atoms in total. The maximum atomic E-state index is 12.3. The van der Waals surface area contributed by atoms with Gasteiger partial charge in [0.25, 0.3) is 5.56 Å². The minimum Gasteiger partial charge on any atom is -0.378 e. The van der Waals surface area contributed by atoms with Gasteiger partial charge in [-0.25, -0.2) is 4.98 Å². The van der Waals surface area contributed by atoms with E-state index in [-0.39, 0.29) is 11.6 Å². The number of hydrogen-bond acceptors (Lipinski definition) is 4. The summed E-state index contributed by atoms with van der Waals surface area (Å²) in [6, 6.07) is 14.1. The Morgan fingerprint density at radius 3 is 2.38 bits per heavy atom. The van der Waals surface area contributed by atoms with Gasteiger partial charge in [-0.05, 0) is 49.4 Å². The maximum Gasteiger partial charge on any atom is 0.258 e. The molecule has 2 aromatic carbocycles. The van der Waals surface area contributed by atoms with Crippen molar-refractivity contribution in [1.82, 2.24) is 15.3 Å². The summed E-state index contributed by atoms with van der Waals surface area (Å²) >= 11 is 0. The molecule has 0 amide bonds. The predicted octanol–water partition coefficient (Wildman–Crippen LogP) is 2.94. The smallest absolute Gasteiger partial charge is 0.258 e. The van der Waals surface area contributed by atoms with Crippen molar-refractivity contribution in [3.05, 3.63) is 58.6 Å². The largest absolute Gasteiger partial charge is 0.378 e. The average molecular weight is 322 g/mol. The van der Waals surface area contributed by atoms with E-state index in [1.165, 1.54) is 0 Å². The highest BCUT2D eigenvalue weighted by Gasteiger charge is 2.10. The summed E-state index contributed by atoms with van der Waals surface area (Å²) in [6.07, 6.45) is 0. The first-order valence-electron chi connectivity index (χ1n) is 7.98. The molecule has 3 rings (SSSR count). The van der Waals surface area contributed by atoms with Crippen molar-refractivity contribution in [3.63, 3.8) is 0 Å². The monoisotopic (exact) mass is 322 g/mol. The molecule has 0 spiro atoms. The van der Waals surface area contributed by atoms with E-state index in [1.807, 2.05) is 46.3 Å². The van der Waals surface area contributed by atoms with Crippen LogP contribution in [0.1, 0.15) is 18.8 Å². The Hall–Kier alpha value is -2.66. The summed E-state index contributed by atoms with van der Waals surface area (Å²) in [4.78, 5) is 21.8. The van der Waals surface area contributed by atoms with Crippen molar-refractivity contribution >= 4 is 16.6 Å². The number of nitrogens with one attached hydrogen (secondary N) is 2. The Bertz CT molecular complexity index is 913. The van der Waals surface area contributed by atoms with Crippen molar-refractivity contribution < 1.29 is 0 Å². The topological polar surface area (TPSA) is 61.0 Å². The van der Waals surface area contributed by atoms with Gasteiger partial charge in [0.2, 0.25) is 0 Å². The number of nitrogens with zero attached hydrogens (tertiary/aromatic N) is 2. The van der Waals surface area contributed by atoms with Crippen LogP contribution >= 0.6 is 0 Å². The molecule has 0 saturated carbocycles. The van der Waals surface area contributed by atoms with Crippen LogP contribution in [0.25, 0.3) is 22.0 Å². The Labute approximate surface area is 141 Å². The zero-order chi connectivity index (χ0) is 17.3. The Balaban J connectivity index is 2.08. The molecule has 1 unspecified atom stereocenters. The Morgan fingerprint density at radius 2 is 1.75 bits per heavy atom. The first kappa shape index (κ1) is 16.2. The van der Waals surface area contributed by atoms with E-state index >= 15 is 0 Å². The van der Waals surface area contributed by atoms with Crippen LogP contribution in [-0.2, 0) is 0 Å². The second kappa shape index (κ2) is 6.45. The molecule has 0 aliphatic heterocycles. The highest BCUT2D eigenvalue weighted by atomic mass is 16.1. The van der Waals surface area contributed by atoms with E-state index in [0.717, 1.165) is 16.8 Å². The van der Waals surface area contributed by atoms with Crippen molar-refractivity contribution in [3.8, 4) is 11.1 Å². The van der Waals surface area contributed by atoms with Gasteiger partial charge in [-0.1, -0.05) is 18.2 Å². The predicted molar refractivity (Wildman–Crippen MR) is 99.6 cm³/mol. The lowest BCUT2D eigenvalue weighted by Crippen LogP contribution is -2.20. The molecule has 0 radical (unpaired) electrons. The molecule has 1 heterocycles. The highest BCUT2D eigenvalue weighted by Crippen LogP contribution is 2.25. The molecule has 2 N–H and O–H groups in total. The van der Waals surface area contributed by atoms with Gasteiger partial charge in [0.15, 0.2) is 0 Å². The zero-order valence-electron chi connectivity index (χ0n) is 14.4. The summed E-state index contributed by atoms with van der Waals surface area (Å²) in [7, 11) is 5.88. The standard InChI is InChI=1S/C19H22N4O/c1-12(20-2)18-21-17-11-14(7-10-16(17)19(24)22-18)13-5-8-15(9-6-13)23(3)4/h5-12,20H,1-4H3,(H,21,22,24). The van der Waals surface area contributed by atoms with Crippen molar-refractivity contribution in [1.29, 1.82) is 0 Å². The highest BCUT2D eigenvalue weighted by molar-refractivity contribution is 5.83. The molecule has 0 saturated heterocycles. The van der Waals surface area contributed by atoms with Gasteiger partial charge < -0.3 is 15.2 Å². The van der Waals surface area contributed by atoms with Gasteiger partial charge in [0.05, 0.1) is 16.9 Å². The zero-order valence-corrected chi connectivity index (χ0v) is 14.4. The number of aromatic amines is 1. The third kappa shape index (κ3) is 3.03. The molecule has 0 fully saturated rings. The Morgan fingerprint density at radius 1 is 1.08 bits per heavy atom. The molecule has 24 heavy (non-hydrogen) atoms. The average Bonchev–Trinajstić information content (AvgIpc) is 2.60. The first-order chi connectivity index (χ1) is 11.5. The molecular weight excluding hydrogens is 300 g/mol. The van der Waals surface area contributed by atoms with Crippen LogP contribution < -0.4 is 15.8 Å². The van der Waals surface area contributed by atoms with Gasteiger partial charge in [-0.2, -0.15) is 0 Å². The number of aromatic nitrogens is 2. The van der Waals surface area contributed by atoms with E-state index in [1.54, 1.807) is 0 Å². The van der Waals surface area contributed by atoms with Crippen molar-refractivity contribution in [2.45, 2.75) is 13.0 Å². The summed E-state index contributed by atoms with van der Waals surface area (Å²) in [5, 5.41) is 3.71. The van der Waals surface area contributed by atoms with Crippen LogP contribution in [0.5, 0.6) is 0 Å². The van der Waals surface area contributed by atoms with Crippen LogP contribution in [0.2, 0.25) is 0 Å². The number of anilines is 1. The van der Waals surface area contributed by atoms with Gasteiger partial charge >= 0.3 is 0 Å². The lowest BCUT2D eigenvalue weighted by molar-refractivity contribution is 0.611. The molecular formula is C19H22N4O. The third-order valence-corrected chi connectivity index (χ3v) is 4.29. The SMILES string of the molecule is CNC(C)c1nc2cc(-c3ccc(N(C)C)cc3)ccc2c(=O)[nH]1. The lowest BCUT2D eigenvalue weighted by Gasteiger charge is -2.13. The van der Waals surface area contributed by atoms with E-state index < -0.39 is 0 Å². The number of H-pyrrole nitrogens is 1. The van der Waals surface area contributed by atoms with E-state index in [0.29, 0.717) is 16.7 Å². The van der Waals surface area contributed by atoms with Crippen LogP contribution in [0.15, 0.2) is 47.3 Å². The van der Waals surface area contributed by atoms with Gasteiger partial charge in [0.1, 0.15) is 5.82 Å². The number of rotatable bonds is 4. The van der Waals surface area contributed by atoms with Crippen LogP contribution in [0.4, 0.5) is 5.69 Å². The first-order valence-corrected chi connectivity index (χ1v) is 7.98. The molecule has 5 heteroatoms. The van der Waals surface area contributed by atoms with Crippen LogP contribution in [-0.4, -0.2) is 31.1 Å². The third-order valence-electron chi connectivity index (χ3n) is 4.29. The molecule has 1 atom stereocenters. The number of benzene rings is 2. The maximum absolute atomic E-state index is 12.3. The fraction of sp³-hybridized carbons (Fsp3) is 0.263. The van der Waals surface area contributed by atoms with Gasteiger partial charge in [-0.3, -0.25) is 4.79 Å². The van der Waals surface area contributed by atoms with Crippen LogP contribution in [0.3, 0.4) is 0 Å². The van der Waals surface area contributed by atoms with Gasteiger partial charge in [-0.15, -0.1) is 0 Å². The molecule has 1 aromatic heterocycles. The molecule has 3 aromatic rings. The molecule has 0 aliphatic carbocycles. The van der Waals surface area contributed by atoms with E-state index in [9.17, 15) is 4.79 Å². The normalized spacial score (nSPS) is 12.3.